The number of aromatic nitrogens is 2. The molecule has 0 aliphatic carbocycles. The molecule has 100 valence electrons. The zero-order valence-electron chi connectivity index (χ0n) is 10.6. The number of rotatable bonds is 4. The minimum absolute atomic E-state index is 0.000963. The Labute approximate surface area is 109 Å². The van der Waals surface area contributed by atoms with Gasteiger partial charge in [-0.15, -0.1) is 0 Å². The maximum atomic E-state index is 12.2. The van der Waals surface area contributed by atoms with Crippen LogP contribution in [0.15, 0.2) is 29.3 Å². The minimum Gasteiger partial charge on any atom is -0.396 e. The molecule has 0 saturated carbocycles. The molecule has 0 fully saturated rings. The molecule has 0 radical (unpaired) electrons. The number of carbonyl (C=O) groups is 1. The number of carbonyl (C=O) groups excluding carboxylic acids is 1. The first kappa shape index (κ1) is 13.2. The van der Waals surface area contributed by atoms with Crippen molar-refractivity contribution >= 4 is 11.6 Å². The van der Waals surface area contributed by atoms with Crippen LogP contribution in [0.4, 0.5) is 0 Å². The maximum Gasteiger partial charge on any atom is 0.270 e. The number of aryl methyl sites for hydroxylation is 1. The number of amides is 1. The zero-order valence-corrected chi connectivity index (χ0v) is 10.6. The smallest absolute Gasteiger partial charge is 0.270 e. The second kappa shape index (κ2) is 5.62. The highest BCUT2D eigenvalue weighted by molar-refractivity contribution is 5.93. The number of fused-ring (bicyclic) bond motifs is 1. The van der Waals surface area contributed by atoms with E-state index in [-0.39, 0.29) is 12.2 Å². The van der Waals surface area contributed by atoms with Crippen LogP contribution in [0.1, 0.15) is 22.3 Å². The van der Waals surface area contributed by atoms with Crippen LogP contribution in [0.25, 0.3) is 5.65 Å². The Kier molecular flexibility index (Phi) is 3.91. The lowest BCUT2D eigenvalue weighted by atomic mass is 10.2. The van der Waals surface area contributed by atoms with Gasteiger partial charge in [0.25, 0.3) is 11.5 Å². The molecule has 2 aromatic heterocycles. The molecule has 0 spiro atoms. The fraction of sp³-hybridized carbons (Fsp3) is 0.308. The molecule has 2 heterocycles. The van der Waals surface area contributed by atoms with Gasteiger partial charge in [0, 0.05) is 25.5 Å². The van der Waals surface area contributed by atoms with E-state index in [0.717, 1.165) is 5.56 Å². The summed E-state index contributed by atoms with van der Waals surface area (Å²) in [7, 11) is 0. The van der Waals surface area contributed by atoms with Crippen molar-refractivity contribution in [2.45, 2.75) is 13.3 Å². The number of pyridine rings is 1. The van der Waals surface area contributed by atoms with Crippen LogP contribution in [0.3, 0.4) is 0 Å². The Morgan fingerprint density at radius 3 is 3.05 bits per heavy atom. The predicted octanol–water partition coefficient (Wildman–Crippen LogP) is 0.115. The summed E-state index contributed by atoms with van der Waals surface area (Å²) in [5.74, 6) is -0.471. The van der Waals surface area contributed by atoms with Gasteiger partial charge in [0.1, 0.15) is 11.2 Å². The van der Waals surface area contributed by atoms with Gasteiger partial charge in [0.2, 0.25) is 0 Å². The molecule has 0 aliphatic rings. The summed E-state index contributed by atoms with van der Waals surface area (Å²) in [4.78, 5) is 28.1. The summed E-state index contributed by atoms with van der Waals surface area (Å²) in [5.41, 5.74) is 1.02. The highest BCUT2D eigenvalue weighted by atomic mass is 16.3. The van der Waals surface area contributed by atoms with Crippen molar-refractivity contribution in [1.29, 1.82) is 0 Å². The second-order valence-corrected chi connectivity index (χ2v) is 4.19. The van der Waals surface area contributed by atoms with Crippen LogP contribution in [-0.2, 0) is 0 Å². The van der Waals surface area contributed by atoms with Gasteiger partial charge in [-0.2, -0.15) is 0 Å². The van der Waals surface area contributed by atoms with Crippen LogP contribution in [-0.4, -0.2) is 33.6 Å². The van der Waals surface area contributed by atoms with E-state index in [0.29, 0.717) is 18.6 Å². The Balaban J connectivity index is 2.38. The molecule has 0 atom stereocenters. The van der Waals surface area contributed by atoms with Gasteiger partial charge in [0.15, 0.2) is 0 Å². The number of nitrogens with zero attached hydrogens (tertiary/aromatic N) is 2. The molecule has 0 unspecified atom stereocenters. The molecule has 19 heavy (non-hydrogen) atoms. The summed E-state index contributed by atoms with van der Waals surface area (Å²) in [6, 6.07) is 3.58. The Morgan fingerprint density at radius 1 is 1.53 bits per heavy atom. The van der Waals surface area contributed by atoms with Crippen molar-refractivity contribution in [3.05, 3.63) is 46.0 Å². The summed E-state index contributed by atoms with van der Waals surface area (Å²) < 4.78 is 1.36. The average molecular weight is 261 g/mol. The number of nitrogens with one attached hydrogen (secondary N) is 1. The minimum atomic E-state index is -0.471. The topological polar surface area (TPSA) is 83.7 Å². The maximum absolute atomic E-state index is 12.2. The average Bonchev–Trinajstić information content (AvgIpc) is 2.40. The largest absolute Gasteiger partial charge is 0.396 e. The van der Waals surface area contributed by atoms with Crippen LogP contribution in [0.2, 0.25) is 0 Å². The fourth-order valence-corrected chi connectivity index (χ4v) is 1.78. The molecule has 0 aromatic carbocycles. The quantitative estimate of drug-likeness (QED) is 0.765. The summed E-state index contributed by atoms with van der Waals surface area (Å²) in [6.07, 6.45) is 3.33. The van der Waals surface area contributed by atoms with Gasteiger partial charge in [0.05, 0.1) is 0 Å². The van der Waals surface area contributed by atoms with Crippen LogP contribution in [0.5, 0.6) is 0 Å². The second-order valence-electron chi connectivity index (χ2n) is 4.19. The van der Waals surface area contributed by atoms with Crippen molar-refractivity contribution in [3.8, 4) is 0 Å². The van der Waals surface area contributed by atoms with E-state index in [2.05, 4.69) is 10.3 Å². The molecular weight excluding hydrogens is 246 g/mol. The monoisotopic (exact) mass is 261 g/mol. The third kappa shape index (κ3) is 2.63. The molecule has 0 saturated heterocycles. The van der Waals surface area contributed by atoms with Gasteiger partial charge >= 0.3 is 0 Å². The van der Waals surface area contributed by atoms with Gasteiger partial charge in [-0.1, -0.05) is 6.07 Å². The van der Waals surface area contributed by atoms with E-state index in [9.17, 15) is 9.59 Å². The zero-order chi connectivity index (χ0) is 13.8. The van der Waals surface area contributed by atoms with E-state index in [1.807, 2.05) is 13.0 Å². The summed E-state index contributed by atoms with van der Waals surface area (Å²) in [5, 5.41) is 11.2. The number of hydrogen-bond donors (Lipinski definition) is 2. The van der Waals surface area contributed by atoms with Crippen molar-refractivity contribution in [2.24, 2.45) is 0 Å². The number of hydrogen-bond acceptors (Lipinski definition) is 4. The van der Waals surface area contributed by atoms with Crippen LogP contribution < -0.4 is 10.9 Å². The first-order valence-corrected chi connectivity index (χ1v) is 6.01. The Bertz CT molecular complexity index is 664. The SMILES string of the molecule is Cc1cccn2c(=O)c(C(=O)NCCCO)cnc12. The van der Waals surface area contributed by atoms with Crippen molar-refractivity contribution in [3.63, 3.8) is 0 Å². The van der Waals surface area contributed by atoms with Gasteiger partial charge in [-0.05, 0) is 25.0 Å². The molecular formula is C13H15N3O3. The van der Waals surface area contributed by atoms with E-state index >= 15 is 0 Å². The van der Waals surface area contributed by atoms with Crippen LogP contribution in [0, 0.1) is 6.92 Å². The number of aliphatic hydroxyl groups excluding tert-OH is 1. The van der Waals surface area contributed by atoms with E-state index in [1.54, 1.807) is 12.3 Å². The van der Waals surface area contributed by atoms with E-state index in [4.69, 9.17) is 5.11 Å². The molecule has 2 N–H and O–H groups in total. The molecule has 0 bridgehead atoms. The lowest BCUT2D eigenvalue weighted by Crippen LogP contribution is -2.32. The van der Waals surface area contributed by atoms with Gasteiger partial charge in [-0.25, -0.2) is 4.98 Å². The first-order valence-electron chi connectivity index (χ1n) is 6.01. The molecule has 6 nitrogen and oxygen atoms in total. The molecule has 1 amide bonds. The summed E-state index contributed by atoms with van der Waals surface area (Å²) >= 11 is 0. The lowest BCUT2D eigenvalue weighted by molar-refractivity contribution is 0.0949. The molecule has 2 aromatic rings. The lowest BCUT2D eigenvalue weighted by Gasteiger charge is -2.06. The third-order valence-corrected chi connectivity index (χ3v) is 2.79. The van der Waals surface area contributed by atoms with Crippen molar-refractivity contribution in [2.75, 3.05) is 13.2 Å². The van der Waals surface area contributed by atoms with Gasteiger partial charge in [-0.3, -0.25) is 14.0 Å². The molecule has 2 rings (SSSR count). The first-order chi connectivity index (χ1) is 9.15. The Hall–Kier alpha value is -2.21. The summed E-state index contributed by atoms with van der Waals surface area (Å²) in [6.45, 7) is 2.17. The third-order valence-electron chi connectivity index (χ3n) is 2.79. The molecule has 6 heteroatoms. The van der Waals surface area contributed by atoms with Gasteiger partial charge < -0.3 is 10.4 Å². The number of aliphatic hydroxyl groups is 1. The molecule has 0 aliphatic heterocycles. The van der Waals surface area contributed by atoms with Crippen molar-refractivity contribution in [1.82, 2.24) is 14.7 Å². The highest BCUT2D eigenvalue weighted by Crippen LogP contribution is 2.04. The van der Waals surface area contributed by atoms with Crippen LogP contribution >= 0.6 is 0 Å². The predicted molar refractivity (Wildman–Crippen MR) is 70.2 cm³/mol. The van der Waals surface area contributed by atoms with E-state index < -0.39 is 11.5 Å². The highest BCUT2D eigenvalue weighted by Gasteiger charge is 2.13. The standard InChI is InChI=1S/C13H15N3O3/c1-9-4-2-6-16-11(9)15-8-10(13(16)19)12(18)14-5-3-7-17/h2,4,6,8,17H,3,5,7H2,1H3,(H,14,18). The Morgan fingerprint density at radius 2 is 2.32 bits per heavy atom. The van der Waals surface area contributed by atoms with E-state index in [1.165, 1.54) is 10.6 Å². The fourth-order valence-electron chi connectivity index (χ4n) is 1.78. The normalized spacial score (nSPS) is 10.6. The van der Waals surface area contributed by atoms with Crippen molar-refractivity contribution < 1.29 is 9.90 Å².